The molecule has 1 aliphatic heterocycles. The maximum atomic E-state index is 3.33. The average molecular weight is 323 g/mol. The molecule has 1 fully saturated rings. The smallest absolute Gasteiger partial charge is 0.0602 e. The van der Waals surface area contributed by atoms with Crippen LogP contribution in [0, 0.1) is 11.8 Å². The number of hydrogen-bond acceptors (Lipinski definition) is 4. The maximum Gasteiger partial charge on any atom is 0.0602 e. The Bertz CT molecular complexity index is 327. The van der Waals surface area contributed by atoms with Gasteiger partial charge < -0.3 is 14.7 Å². The first-order valence-electron chi connectivity index (χ1n) is 9.58. The van der Waals surface area contributed by atoms with Crippen LogP contribution in [0.3, 0.4) is 0 Å². The van der Waals surface area contributed by atoms with Gasteiger partial charge in [-0.05, 0) is 19.6 Å². The maximum absolute atomic E-state index is 3.33. The molecule has 0 N–H and O–H groups in total. The summed E-state index contributed by atoms with van der Waals surface area (Å²) in [5, 5.41) is 0. The van der Waals surface area contributed by atoms with E-state index in [1.807, 2.05) is 0 Å². The van der Waals surface area contributed by atoms with Crippen LogP contribution in [0.5, 0.6) is 0 Å². The van der Waals surface area contributed by atoms with Crippen molar-refractivity contribution >= 4 is 0 Å². The molecule has 0 unspecified atom stereocenters. The number of hydrogen-bond donors (Lipinski definition) is 0. The molecule has 0 bridgehead atoms. The molecule has 1 aliphatic rings. The lowest BCUT2D eigenvalue weighted by Crippen LogP contribution is -2.45. The van der Waals surface area contributed by atoms with Crippen LogP contribution in [0.4, 0.5) is 0 Å². The van der Waals surface area contributed by atoms with E-state index in [9.17, 15) is 0 Å². The van der Waals surface area contributed by atoms with Crippen LogP contribution in [0.2, 0.25) is 0 Å². The van der Waals surface area contributed by atoms with E-state index >= 15 is 0 Å². The van der Waals surface area contributed by atoms with Gasteiger partial charge in [-0.15, -0.1) is 5.92 Å². The van der Waals surface area contributed by atoms with Crippen LogP contribution in [0.25, 0.3) is 0 Å². The van der Waals surface area contributed by atoms with E-state index < -0.39 is 0 Å². The molecule has 0 atom stereocenters. The van der Waals surface area contributed by atoms with Gasteiger partial charge in [0.05, 0.1) is 6.54 Å². The molecule has 1 rings (SSSR count). The molecule has 1 heterocycles. The highest BCUT2D eigenvalue weighted by Crippen LogP contribution is 2.00. The van der Waals surface area contributed by atoms with Crippen LogP contribution in [0.15, 0.2) is 0 Å². The van der Waals surface area contributed by atoms with Crippen LogP contribution < -0.4 is 0 Å². The Kier molecular flexibility index (Phi) is 11.4. The monoisotopic (exact) mass is 322 g/mol. The molecule has 0 amide bonds. The Morgan fingerprint density at radius 2 is 0.870 bits per heavy atom. The molecule has 1 saturated heterocycles. The lowest BCUT2D eigenvalue weighted by molar-refractivity contribution is 0.146. The SMILES string of the molecule is CCC#CCN1CCN(CC)CCN(CC)CCN(CC)CC1. The largest absolute Gasteiger partial charge is 0.301 e. The summed E-state index contributed by atoms with van der Waals surface area (Å²) in [6.07, 6.45) is 0.961. The van der Waals surface area contributed by atoms with E-state index in [2.05, 4.69) is 59.1 Å². The van der Waals surface area contributed by atoms with Gasteiger partial charge in [0.2, 0.25) is 0 Å². The predicted octanol–water partition coefficient (Wildman–Crippen LogP) is 1.68. The van der Waals surface area contributed by atoms with Crippen LogP contribution in [-0.4, -0.2) is 98.1 Å². The van der Waals surface area contributed by atoms with Crippen molar-refractivity contribution in [2.75, 3.05) is 78.5 Å². The first-order chi connectivity index (χ1) is 11.2. The molecule has 0 aromatic rings. The van der Waals surface area contributed by atoms with Gasteiger partial charge in [-0.25, -0.2) is 0 Å². The van der Waals surface area contributed by atoms with Gasteiger partial charge in [0.25, 0.3) is 0 Å². The molecule has 4 nitrogen and oxygen atoms in total. The third kappa shape index (κ3) is 8.72. The summed E-state index contributed by atoms with van der Waals surface area (Å²) in [7, 11) is 0. The zero-order valence-electron chi connectivity index (χ0n) is 16.0. The summed E-state index contributed by atoms with van der Waals surface area (Å²) in [5.41, 5.74) is 0. The van der Waals surface area contributed by atoms with Crippen molar-refractivity contribution in [1.82, 2.24) is 19.6 Å². The lowest BCUT2D eigenvalue weighted by Gasteiger charge is -2.32. The van der Waals surface area contributed by atoms with E-state index in [0.717, 1.165) is 58.8 Å². The minimum atomic E-state index is 0.921. The van der Waals surface area contributed by atoms with Crippen molar-refractivity contribution in [2.24, 2.45) is 0 Å². The van der Waals surface area contributed by atoms with E-state index in [0.29, 0.717) is 0 Å². The van der Waals surface area contributed by atoms with Crippen LogP contribution in [-0.2, 0) is 0 Å². The van der Waals surface area contributed by atoms with Crippen molar-refractivity contribution in [1.29, 1.82) is 0 Å². The van der Waals surface area contributed by atoms with Gasteiger partial charge in [0.15, 0.2) is 0 Å². The molecule has 0 aromatic heterocycles. The number of rotatable bonds is 4. The first kappa shape index (κ1) is 20.4. The van der Waals surface area contributed by atoms with Crippen molar-refractivity contribution in [3.8, 4) is 11.8 Å². The summed E-state index contributed by atoms with van der Waals surface area (Å²) in [6.45, 7) is 22.7. The van der Waals surface area contributed by atoms with Crippen LogP contribution >= 0.6 is 0 Å². The van der Waals surface area contributed by atoms with E-state index in [4.69, 9.17) is 0 Å². The van der Waals surface area contributed by atoms with Crippen molar-refractivity contribution < 1.29 is 0 Å². The van der Waals surface area contributed by atoms with Crippen molar-refractivity contribution in [3.63, 3.8) is 0 Å². The Balaban J connectivity index is 2.65. The Morgan fingerprint density at radius 3 is 1.17 bits per heavy atom. The highest BCUT2D eigenvalue weighted by Gasteiger charge is 2.13. The quantitative estimate of drug-likeness (QED) is 0.730. The zero-order chi connectivity index (χ0) is 16.9. The zero-order valence-corrected chi connectivity index (χ0v) is 16.0. The summed E-state index contributed by atoms with van der Waals surface area (Å²) < 4.78 is 0. The minimum Gasteiger partial charge on any atom is -0.301 e. The molecule has 0 aliphatic carbocycles. The normalized spacial score (nSPS) is 21.2. The molecule has 23 heavy (non-hydrogen) atoms. The average Bonchev–Trinajstić information content (AvgIpc) is 2.57. The Morgan fingerprint density at radius 1 is 0.522 bits per heavy atom. The molecular formula is C19H38N4. The molecule has 0 radical (unpaired) electrons. The van der Waals surface area contributed by atoms with Gasteiger partial charge in [-0.2, -0.15) is 0 Å². The number of likely N-dealkylation sites (N-methyl/N-ethyl adjacent to an activating group) is 3. The van der Waals surface area contributed by atoms with Crippen LogP contribution in [0.1, 0.15) is 34.1 Å². The van der Waals surface area contributed by atoms with Gasteiger partial charge in [-0.3, -0.25) is 4.90 Å². The van der Waals surface area contributed by atoms with E-state index in [1.165, 1.54) is 26.2 Å². The highest BCUT2D eigenvalue weighted by molar-refractivity contribution is 5.00. The summed E-state index contributed by atoms with van der Waals surface area (Å²) >= 11 is 0. The second-order valence-electron chi connectivity index (χ2n) is 6.29. The fraction of sp³-hybridized carbons (Fsp3) is 0.895. The van der Waals surface area contributed by atoms with Crippen molar-refractivity contribution in [2.45, 2.75) is 34.1 Å². The third-order valence-corrected chi connectivity index (χ3v) is 4.88. The molecular weight excluding hydrogens is 284 g/mol. The van der Waals surface area contributed by atoms with Crippen molar-refractivity contribution in [3.05, 3.63) is 0 Å². The highest BCUT2D eigenvalue weighted by atomic mass is 15.3. The Hall–Kier alpha value is -0.600. The standard InChI is InChI=1S/C19H38N4/c1-5-9-10-11-23-18-16-21(7-3)14-12-20(6-2)13-15-22(8-4)17-19-23/h5-8,11-19H2,1-4H3. The summed E-state index contributed by atoms with van der Waals surface area (Å²) in [5.74, 6) is 6.55. The van der Waals surface area contributed by atoms with Gasteiger partial charge in [-0.1, -0.05) is 33.6 Å². The minimum absolute atomic E-state index is 0.921. The molecule has 134 valence electrons. The predicted molar refractivity (Wildman–Crippen MR) is 101 cm³/mol. The molecule has 0 aromatic carbocycles. The van der Waals surface area contributed by atoms with E-state index in [1.54, 1.807) is 0 Å². The lowest BCUT2D eigenvalue weighted by atomic mass is 10.3. The van der Waals surface area contributed by atoms with E-state index in [-0.39, 0.29) is 0 Å². The van der Waals surface area contributed by atoms with Gasteiger partial charge in [0, 0.05) is 58.8 Å². The second kappa shape index (κ2) is 12.8. The third-order valence-electron chi connectivity index (χ3n) is 4.88. The summed E-state index contributed by atoms with van der Waals surface area (Å²) in [4.78, 5) is 10.3. The second-order valence-corrected chi connectivity index (χ2v) is 6.29. The van der Waals surface area contributed by atoms with Gasteiger partial charge in [0.1, 0.15) is 0 Å². The first-order valence-corrected chi connectivity index (χ1v) is 9.58. The molecule has 0 saturated carbocycles. The molecule has 0 spiro atoms. The summed E-state index contributed by atoms with van der Waals surface area (Å²) in [6, 6.07) is 0. The van der Waals surface area contributed by atoms with Gasteiger partial charge >= 0.3 is 0 Å². The fourth-order valence-electron chi connectivity index (χ4n) is 2.98. The fourth-order valence-corrected chi connectivity index (χ4v) is 2.98. The Labute approximate surface area is 144 Å². The topological polar surface area (TPSA) is 13.0 Å². The number of nitrogens with zero attached hydrogens (tertiary/aromatic N) is 4. The molecule has 4 heteroatoms.